The summed E-state index contributed by atoms with van der Waals surface area (Å²) in [4.78, 5) is 32.1. The molecule has 1 aromatic rings. The minimum absolute atomic E-state index is 0.0488. The molecule has 1 amide bonds. The van der Waals surface area contributed by atoms with Crippen molar-refractivity contribution in [3.05, 3.63) is 46.1 Å². The molecule has 1 atom stereocenters. The van der Waals surface area contributed by atoms with Crippen LogP contribution in [0.15, 0.2) is 45.6 Å². The highest BCUT2D eigenvalue weighted by molar-refractivity contribution is 8.16. The van der Waals surface area contributed by atoms with Crippen LogP contribution in [0.1, 0.15) is 37.8 Å². The second-order valence-electron chi connectivity index (χ2n) is 7.92. The number of benzene rings is 1. The molecule has 3 aliphatic rings. The van der Waals surface area contributed by atoms with Crippen molar-refractivity contribution < 1.29 is 23.8 Å². The highest BCUT2D eigenvalue weighted by Crippen LogP contribution is 2.47. The van der Waals surface area contributed by atoms with E-state index in [4.69, 9.17) is 14.2 Å². The molecule has 0 saturated heterocycles. The molecule has 8 nitrogen and oxygen atoms in total. The predicted molar refractivity (Wildman–Crippen MR) is 122 cm³/mol. The van der Waals surface area contributed by atoms with Crippen LogP contribution in [0.4, 0.5) is 0 Å². The van der Waals surface area contributed by atoms with Crippen LogP contribution in [0.3, 0.4) is 0 Å². The van der Waals surface area contributed by atoms with Gasteiger partial charge in [-0.05, 0) is 49.3 Å². The Morgan fingerprint density at radius 2 is 2.00 bits per heavy atom. The lowest BCUT2D eigenvalue weighted by molar-refractivity contribution is -0.136. The summed E-state index contributed by atoms with van der Waals surface area (Å²) in [7, 11) is 4.52. The van der Waals surface area contributed by atoms with Gasteiger partial charge in [-0.2, -0.15) is 0 Å². The molecule has 0 radical (unpaired) electrons. The zero-order valence-corrected chi connectivity index (χ0v) is 19.5. The number of amides is 1. The average Bonchev–Trinajstić information content (AvgIpc) is 3.56. The molecule has 0 bridgehead atoms. The number of thioether (sulfide) groups is 1. The largest absolute Gasteiger partial charge is 0.497 e. The van der Waals surface area contributed by atoms with Gasteiger partial charge in [-0.3, -0.25) is 4.79 Å². The molecule has 9 heteroatoms. The van der Waals surface area contributed by atoms with Crippen molar-refractivity contribution in [1.82, 2.24) is 10.2 Å². The molecule has 2 heterocycles. The number of hydrogen-bond acceptors (Lipinski definition) is 8. The van der Waals surface area contributed by atoms with Crippen LogP contribution < -0.4 is 14.8 Å². The van der Waals surface area contributed by atoms with E-state index in [1.165, 1.54) is 31.7 Å². The molecule has 1 fully saturated rings. The number of aliphatic imine (C=N–C) groups is 1. The van der Waals surface area contributed by atoms with E-state index in [0.29, 0.717) is 40.4 Å². The molecule has 1 saturated carbocycles. The summed E-state index contributed by atoms with van der Waals surface area (Å²) in [5, 5.41) is 5.64. The third-order valence-corrected chi connectivity index (χ3v) is 6.65. The van der Waals surface area contributed by atoms with Gasteiger partial charge in [0.1, 0.15) is 11.5 Å². The summed E-state index contributed by atoms with van der Waals surface area (Å²) in [5.41, 5.74) is 2.46. The van der Waals surface area contributed by atoms with Crippen molar-refractivity contribution >= 4 is 28.8 Å². The van der Waals surface area contributed by atoms with E-state index in [9.17, 15) is 9.59 Å². The molecular weight excluding hydrogens is 430 g/mol. The Morgan fingerprint density at radius 1 is 1.22 bits per heavy atom. The van der Waals surface area contributed by atoms with Crippen LogP contribution in [-0.4, -0.2) is 49.8 Å². The molecule has 170 valence electrons. The Hall–Kier alpha value is -2.94. The van der Waals surface area contributed by atoms with Crippen LogP contribution in [-0.2, 0) is 14.3 Å². The van der Waals surface area contributed by atoms with Gasteiger partial charge in [0.05, 0.1) is 45.1 Å². The number of ether oxygens (including phenoxy) is 3. The first-order valence-electron chi connectivity index (χ1n) is 10.5. The van der Waals surface area contributed by atoms with E-state index in [1.54, 1.807) is 33.3 Å². The van der Waals surface area contributed by atoms with Gasteiger partial charge in [0.25, 0.3) is 0 Å². The van der Waals surface area contributed by atoms with Crippen LogP contribution in [0.25, 0.3) is 0 Å². The number of carbonyl (C=O) groups is 2. The molecule has 4 rings (SSSR count). The maximum atomic E-state index is 12.9. The summed E-state index contributed by atoms with van der Waals surface area (Å²) in [6.45, 7) is 2.50. The quantitative estimate of drug-likeness (QED) is 0.599. The minimum Gasteiger partial charge on any atom is -0.497 e. The van der Waals surface area contributed by atoms with Gasteiger partial charge in [0.15, 0.2) is 5.17 Å². The topological polar surface area (TPSA) is 89.5 Å². The number of fused-ring (bicyclic) bond motifs is 1. The molecular formula is C23H27N3O5S. The number of esters is 1. The molecule has 0 aromatic heterocycles. The monoisotopic (exact) mass is 457 g/mol. The van der Waals surface area contributed by atoms with Gasteiger partial charge in [-0.25, -0.2) is 9.79 Å². The smallest absolute Gasteiger partial charge is 0.338 e. The zero-order valence-electron chi connectivity index (χ0n) is 18.6. The number of carbonyl (C=O) groups excluding carboxylic acids is 2. The Morgan fingerprint density at radius 3 is 2.66 bits per heavy atom. The molecule has 1 aliphatic carbocycles. The third kappa shape index (κ3) is 4.34. The van der Waals surface area contributed by atoms with E-state index in [-0.39, 0.29) is 12.3 Å². The van der Waals surface area contributed by atoms with Gasteiger partial charge >= 0.3 is 5.97 Å². The van der Waals surface area contributed by atoms with Crippen molar-refractivity contribution in [2.45, 2.75) is 32.2 Å². The van der Waals surface area contributed by atoms with Crippen LogP contribution in [0.5, 0.6) is 11.5 Å². The van der Waals surface area contributed by atoms with Gasteiger partial charge in [-0.15, -0.1) is 0 Å². The summed E-state index contributed by atoms with van der Waals surface area (Å²) < 4.78 is 16.2. The first-order valence-corrected chi connectivity index (χ1v) is 11.4. The minimum atomic E-state index is -0.572. The number of allylic oxidation sites excluding steroid dienone is 1. The maximum Gasteiger partial charge on any atom is 0.338 e. The van der Waals surface area contributed by atoms with Crippen molar-refractivity contribution in [1.29, 1.82) is 0 Å². The zero-order chi connectivity index (χ0) is 22.8. The van der Waals surface area contributed by atoms with E-state index in [1.807, 2.05) is 16.4 Å². The molecule has 2 aliphatic heterocycles. The second-order valence-corrected chi connectivity index (χ2v) is 8.75. The Labute approximate surface area is 191 Å². The number of nitrogens with one attached hydrogen (secondary N) is 1. The molecule has 1 aromatic carbocycles. The Balaban J connectivity index is 1.74. The predicted octanol–water partition coefficient (Wildman–Crippen LogP) is 3.37. The standard InChI is InChI=1S/C23H27N3O5S/c1-13-20(22(28)31-4)21(17-10-16(29-2)7-8-18(17)30-3)26-15(12-32-23(26)25-13)9-19(27)24-11-14-5-6-14/h7-8,10,12,14,21H,5-6,9,11H2,1-4H3,(H,24,27)/t21-/m0/s1. The highest BCUT2D eigenvalue weighted by Gasteiger charge is 2.42. The fourth-order valence-electron chi connectivity index (χ4n) is 3.90. The summed E-state index contributed by atoms with van der Waals surface area (Å²) in [6.07, 6.45) is 2.53. The molecule has 32 heavy (non-hydrogen) atoms. The number of hydrogen-bond donors (Lipinski definition) is 1. The first kappa shape index (κ1) is 22.3. The average molecular weight is 458 g/mol. The van der Waals surface area contributed by atoms with Crippen molar-refractivity contribution in [2.24, 2.45) is 10.9 Å². The van der Waals surface area contributed by atoms with Crippen molar-refractivity contribution in [3.63, 3.8) is 0 Å². The lowest BCUT2D eigenvalue weighted by atomic mass is 9.93. The van der Waals surface area contributed by atoms with Gasteiger partial charge in [0, 0.05) is 17.8 Å². The SMILES string of the molecule is COC(=O)C1=C(C)N=C2SC=C(CC(=O)NCC3CC3)N2[C@H]1c1cc(OC)ccc1OC. The summed E-state index contributed by atoms with van der Waals surface area (Å²) >= 11 is 1.44. The first-order chi connectivity index (χ1) is 15.5. The van der Waals surface area contributed by atoms with Gasteiger partial charge < -0.3 is 24.4 Å². The third-order valence-electron chi connectivity index (χ3n) is 5.76. The Bertz CT molecular complexity index is 1030. The summed E-state index contributed by atoms with van der Waals surface area (Å²) in [6, 6.07) is 4.88. The van der Waals surface area contributed by atoms with Crippen LogP contribution in [0.2, 0.25) is 0 Å². The van der Waals surface area contributed by atoms with Crippen molar-refractivity contribution in [2.75, 3.05) is 27.9 Å². The molecule has 0 unspecified atom stereocenters. The molecule has 0 spiro atoms. The van der Waals surface area contributed by atoms with E-state index in [2.05, 4.69) is 10.3 Å². The van der Waals surface area contributed by atoms with Crippen molar-refractivity contribution in [3.8, 4) is 11.5 Å². The maximum absolute atomic E-state index is 12.9. The fourth-order valence-corrected chi connectivity index (χ4v) is 4.86. The summed E-state index contributed by atoms with van der Waals surface area (Å²) in [5.74, 6) is 1.30. The lowest BCUT2D eigenvalue weighted by Gasteiger charge is -2.36. The Kier molecular flexibility index (Phi) is 6.45. The number of nitrogens with zero attached hydrogens (tertiary/aromatic N) is 2. The van der Waals surface area contributed by atoms with Crippen LogP contribution in [0, 0.1) is 5.92 Å². The van der Waals surface area contributed by atoms with E-state index < -0.39 is 12.0 Å². The van der Waals surface area contributed by atoms with Crippen LogP contribution >= 0.6 is 11.8 Å². The van der Waals surface area contributed by atoms with Gasteiger partial charge in [-0.1, -0.05) is 11.8 Å². The highest BCUT2D eigenvalue weighted by atomic mass is 32.2. The number of methoxy groups -OCH3 is 3. The number of amidine groups is 1. The normalized spacial score (nSPS) is 19.8. The lowest BCUT2D eigenvalue weighted by Crippen LogP contribution is -2.38. The number of rotatable bonds is 8. The van der Waals surface area contributed by atoms with Gasteiger partial charge in [0.2, 0.25) is 5.91 Å². The second kappa shape index (κ2) is 9.28. The molecule has 1 N–H and O–H groups in total. The fraction of sp³-hybridized carbons (Fsp3) is 0.435. The van der Waals surface area contributed by atoms with E-state index >= 15 is 0 Å². The van der Waals surface area contributed by atoms with E-state index in [0.717, 1.165) is 11.3 Å².